The maximum absolute atomic E-state index is 16.0. The lowest BCUT2D eigenvalue weighted by atomic mass is 9.96. The lowest BCUT2D eigenvalue weighted by Gasteiger charge is -2.33. The van der Waals surface area contributed by atoms with Crippen molar-refractivity contribution < 1.29 is 27.5 Å². The summed E-state index contributed by atoms with van der Waals surface area (Å²) in [6, 6.07) is 11.4. The fourth-order valence-corrected chi connectivity index (χ4v) is 6.89. The number of oxazole rings is 1. The summed E-state index contributed by atoms with van der Waals surface area (Å²) in [4.78, 5) is 23.9. The number of thiophene rings is 1. The molecule has 1 unspecified atom stereocenters. The number of hydrogen-bond acceptors (Lipinski definition) is 8. The second-order valence-corrected chi connectivity index (χ2v) is 12.0. The predicted octanol–water partition coefficient (Wildman–Crippen LogP) is 7.16. The molecule has 6 aromatic rings. The van der Waals surface area contributed by atoms with Gasteiger partial charge in [0.25, 0.3) is 0 Å². The zero-order chi connectivity index (χ0) is 32.1. The largest absolute Gasteiger partial charge is 0.490 e. The van der Waals surface area contributed by atoms with Crippen molar-refractivity contribution in [2.45, 2.75) is 33.0 Å². The maximum atomic E-state index is 16.0. The van der Waals surface area contributed by atoms with Crippen LogP contribution in [0, 0.1) is 18.6 Å². The number of nitrogens with zero attached hydrogens (tertiary/aromatic N) is 5. The molecule has 0 aliphatic carbocycles. The van der Waals surface area contributed by atoms with Crippen LogP contribution in [0.4, 0.5) is 8.78 Å². The van der Waals surface area contributed by atoms with E-state index in [0.717, 1.165) is 32.9 Å². The first-order chi connectivity index (χ1) is 22.2. The normalized spacial score (nSPS) is 14.6. The third-order valence-corrected chi connectivity index (χ3v) is 8.99. The number of ether oxygens (including phenoxy) is 2. The molecule has 0 bridgehead atoms. The fourth-order valence-electron chi connectivity index (χ4n) is 5.94. The fraction of sp³-hybridized carbons (Fsp3) is 0.235. The highest BCUT2D eigenvalue weighted by molar-refractivity contribution is 7.18. The second kappa shape index (κ2) is 11.8. The van der Waals surface area contributed by atoms with E-state index in [1.807, 2.05) is 47.3 Å². The number of aromatic nitrogens is 4. The van der Waals surface area contributed by atoms with Crippen molar-refractivity contribution in [2.24, 2.45) is 0 Å². The van der Waals surface area contributed by atoms with Crippen LogP contribution in [0.3, 0.4) is 0 Å². The molecular weight excluding hydrogens is 612 g/mol. The number of carbonyl (C=O) groups is 1. The van der Waals surface area contributed by atoms with E-state index in [4.69, 9.17) is 24.0 Å². The molecule has 9 nitrogen and oxygen atoms in total. The summed E-state index contributed by atoms with van der Waals surface area (Å²) >= 11 is 1.41. The molecule has 0 spiro atoms. The predicted molar refractivity (Wildman–Crippen MR) is 172 cm³/mol. The molecule has 0 fully saturated rings. The van der Waals surface area contributed by atoms with Gasteiger partial charge in [-0.3, -0.25) is 9.48 Å². The lowest BCUT2D eigenvalue weighted by molar-refractivity contribution is -0.129. The minimum absolute atomic E-state index is 0.0268. The molecule has 5 heterocycles. The third kappa shape index (κ3) is 5.13. The minimum Gasteiger partial charge on any atom is -0.490 e. The van der Waals surface area contributed by atoms with Crippen molar-refractivity contribution >= 4 is 38.4 Å². The number of fused-ring (bicyclic) bond motifs is 3. The molecule has 0 saturated carbocycles. The van der Waals surface area contributed by atoms with Crippen LogP contribution in [0.15, 0.2) is 64.9 Å². The Labute approximate surface area is 266 Å². The molecule has 7 rings (SSSR count). The molecule has 0 N–H and O–H groups in total. The van der Waals surface area contributed by atoms with E-state index in [1.165, 1.54) is 30.6 Å². The van der Waals surface area contributed by atoms with Gasteiger partial charge in [-0.1, -0.05) is 12.6 Å². The Morgan fingerprint density at radius 3 is 2.78 bits per heavy atom. The van der Waals surface area contributed by atoms with Crippen LogP contribution in [0.1, 0.15) is 18.5 Å². The van der Waals surface area contributed by atoms with Gasteiger partial charge in [-0.2, -0.15) is 5.10 Å². The van der Waals surface area contributed by atoms with Gasteiger partial charge in [-0.05, 0) is 42.6 Å². The molecule has 4 aromatic heterocycles. The molecule has 0 saturated heterocycles. The summed E-state index contributed by atoms with van der Waals surface area (Å²) in [5, 5.41) is 7.60. The molecular formula is C34H29F2N5O4S. The van der Waals surface area contributed by atoms with Gasteiger partial charge in [0.2, 0.25) is 5.91 Å². The number of amides is 1. The van der Waals surface area contributed by atoms with Crippen molar-refractivity contribution in [3.63, 3.8) is 0 Å². The number of hydrogen-bond donors (Lipinski definition) is 0. The number of halogens is 2. The zero-order valence-corrected chi connectivity index (χ0v) is 26.2. The first kappa shape index (κ1) is 29.8. The van der Waals surface area contributed by atoms with Gasteiger partial charge in [0.1, 0.15) is 40.9 Å². The van der Waals surface area contributed by atoms with Gasteiger partial charge in [0.15, 0.2) is 11.5 Å². The van der Waals surface area contributed by atoms with Gasteiger partial charge in [-0.15, -0.1) is 11.3 Å². The van der Waals surface area contributed by atoms with E-state index in [1.54, 1.807) is 11.8 Å². The van der Waals surface area contributed by atoms with E-state index in [2.05, 4.69) is 11.6 Å². The van der Waals surface area contributed by atoms with E-state index < -0.39 is 11.6 Å². The minimum atomic E-state index is -0.795. The van der Waals surface area contributed by atoms with Crippen LogP contribution in [-0.4, -0.2) is 56.9 Å². The Balaban J connectivity index is 1.49. The first-order valence-electron chi connectivity index (χ1n) is 14.7. The third-order valence-electron chi connectivity index (χ3n) is 8.06. The van der Waals surface area contributed by atoms with Crippen molar-refractivity contribution in [3.8, 4) is 39.5 Å². The van der Waals surface area contributed by atoms with Crippen LogP contribution < -0.4 is 4.74 Å². The highest BCUT2D eigenvalue weighted by Crippen LogP contribution is 2.47. The zero-order valence-electron chi connectivity index (χ0n) is 25.3. The molecule has 1 amide bonds. The van der Waals surface area contributed by atoms with E-state index in [9.17, 15) is 9.18 Å². The smallest absolute Gasteiger partial charge is 0.246 e. The van der Waals surface area contributed by atoms with Gasteiger partial charge in [0, 0.05) is 53.4 Å². The van der Waals surface area contributed by atoms with Crippen molar-refractivity contribution in [1.82, 2.24) is 24.6 Å². The van der Waals surface area contributed by atoms with Crippen LogP contribution in [0.2, 0.25) is 0 Å². The molecule has 1 aliphatic rings. The first-order valence-corrected chi connectivity index (χ1v) is 15.5. The van der Waals surface area contributed by atoms with E-state index in [0.29, 0.717) is 47.2 Å². The van der Waals surface area contributed by atoms with Crippen molar-refractivity contribution in [3.05, 3.63) is 83.7 Å². The van der Waals surface area contributed by atoms with Crippen LogP contribution in [-0.2, 0) is 22.6 Å². The summed E-state index contributed by atoms with van der Waals surface area (Å²) in [6.07, 6.45) is 1.30. The SMILES string of the molecule is C=CC(=O)N1Cc2cc(-c3nc(-c4ccc5nc(C)oc5c4)c4ccsc4c3-c3c(F)cc(F)cc3OCCOC)nn2CC1C. The standard InChI is InChI=1S/C34H29F2N5O4S/c1-5-29(42)40-17-22-15-26(39-41(22)16-18(40)2)33-31(30-24(36)13-21(35)14-28(30)44-10-9-43-4)34-23(8-11-46-34)32(38-33)20-6-7-25-27(12-20)45-19(3)37-25/h5-8,11-15,18H,1,9-10,16-17H2,2-4H3. The average molecular weight is 642 g/mol. The summed E-state index contributed by atoms with van der Waals surface area (Å²) < 4.78 is 50.0. The molecule has 2 aromatic carbocycles. The van der Waals surface area contributed by atoms with Gasteiger partial charge >= 0.3 is 0 Å². The second-order valence-electron chi connectivity index (χ2n) is 11.1. The monoisotopic (exact) mass is 641 g/mol. The molecule has 46 heavy (non-hydrogen) atoms. The van der Waals surface area contributed by atoms with Crippen molar-refractivity contribution in [1.29, 1.82) is 0 Å². The van der Waals surface area contributed by atoms with Crippen molar-refractivity contribution in [2.75, 3.05) is 20.3 Å². The van der Waals surface area contributed by atoms with Gasteiger partial charge < -0.3 is 18.8 Å². The highest BCUT2D eigenvalue weighted by atomic mass is 32.1. The molecule has 1 aliphatic heterocycles. The average Bonchev–Trinajstić information content (AvgIpc) is 3.77. The maximum Gasteiger partial charge on any atom is 0.246 e. The lowest BCUT2D eigenvalue weighted by Crippen LogP contribution is -2.44. The number of carbonyl (C=O) groups excluding carboxylic acids is 1. The van der Waals surface area contributed by atoms with Crippen LogP contribution in [0.25, 0.3) is 55.0 Å². The number of benzene rings is 2. The number of rotatable bonds is 8. The van der Waals surface area contributed by atoms with Gasteiger partial charge in [-0.25, -0.2) is 18.7 Å². The van der Waals surface area contributed by atoms with Crippen LogP contribution in [0.5, 0.6) is 5.75 Å². The van der Waals surface area contributed by atoms with E-state index in [-0.39, 0.29) is 36.5 Å². The number of aryl methyl sites for hydroxylation is 1. The topological polar surface area (TPSA) is 95.5 Å². The molecule has 1 atom stereocenters. The molecule has 234 valence electrons. The highest BCUT2D eigenvalue weighted by Gasteiger charge is 2.30. The van der Waals surface area contributed by atoms with Crippen LogP contribution >= 0.6 is 11.3 Å². The molecule has 12 heteroatoms. The number of pyridine rings is 1. The Morgan fingerprint density at radius 1 is 1.13 bits per heavy atom. The molecule has 0 radical (unpaired) electrons. The summed E-state index contributed by atoms with van der Waals surface area (Å²) in [6.45, 7) is 8.46. The number of methoxy groups -OCH3 is 1. The Hall–Kier alpha value is -4.94. The Kier molecular flexibility index (Phi) is 7.61. The summed E-state index contributed by atoms with van der Waals surface area (Å²) in [7, 11) is 1.52. The summed E-state index contributed by atoms with van der Waals surface area (Å²) in [5.41, 5.74) is 4.90. The summed E-state index contributed by atoms with van der Waals surface area (Å²) in [5.74, 6) is -1.16. The Bertz CT molecular complexity index is 2150. The quantitative estimate of drug-likeness (QED) is 0.129. The Morgan fingerprint density at radius 2 is 1.98 bits per heavy atom. The van der Waals surface area contributed by atoms with Gasteiger partial charge in [0.05, 0.1) is 36.6 Å². The van der Waals surface area contributed by atoms with E-state index >= 15 is 4.39 Å².